The van der Waals surface area contributed by atoms with Gasteiger partial charge in [-0.05, 0) is 92.5 Å². The summed E-state index contributed by atoms with van der Waals surface area (Å²) in [5.74, 6) is 0. The third-order valence-electron chi connectivity index (χ3n) is 13.5. The minimum atomic E-state index is -2.68. The Balaban J connectivity index is 1.02. The SMILES string of the molecule is c1ccc([Si](c2ccccc2)(c2ccccc2)c2ccc(-n3c4ccccc4c4c(-n5c6ccccc6c6c(-c7ccc8sc9ccccc9c8c7)cccc65)cccc43)cc2)cc1. The van der Waals surface area contributed by atoms with Crippen LogP contribution in [0.25, 0.3) is 86.3 Å². The minimum absolute atomic E-state index is 1.14. The van der Waals surface area contributed by atoms with Crippen LogP contribution < -0.4 is 20.7 Å². The van der Waals surface area contributed by atoms with Gasteiger partial charge >= 0.3 is 0 Å². The van der Waals surface area contributed by atoms with Crippen molar-refractivity contribution in [2.75, 3.05) is 0 Å². The Labute approximate surface area is 376 Å². The number of hydrogen-bond donors (Lipinski definition) is 0. The molecule has 13 rings (SSSR count). The van der Waals surface area contributed by atoms with E-state index in [0.717, 1.165) is 5.69 Å². The summed E-state index contributed by atoms with van der Waals surface area (Å²) in [6.45, 7) is 0. The van der Waals surface area contributed by atoms with Crippen LogP contribution in [0.15, 0.2) is 243 Å². The Bertz CT molecular complexity index is 3790. The van der Waals surface area contributed by atoms with Gasteiger partial charge in [0.05, 0.1) is 27.8 Å². The van der Waals surface area contributed by atoms with Crippen molar-refractivity contribution in [1.82, 2.24) is 9.13 Å². The molecular formula is C60H40N2SSi. The van der Waals surface area contributed by atoms with Crippen molar-refractivity contribution in [2.24, 2.45) is 0 Å². The van der Waals surface area contributed by atoms with Crippen LogP contribution in [0, 0.1) is 0 Å². The molecule has 0 bridgehead atoms. The number of fused-ring (bicyclic) bond motifs is 9. The van der Waals surface area contributed by atoms with Crippen molar-refractivity contribution in [1.29, 1.82) is 0 Å². The standard InChI is InChI=1S/C60H40N2SSi/c1-4-18-43(19-5-1)64(44-20-6-2-7-21-44,45-22-8-3-9-23-45)46-37-35-42(36-38-46)61-52-28-13-11-26-50(52)60-55(61)31-17-32-56(60)62-53-29-14-10-25-49(53)59-47(27-16-30-54(59)62)41-34-39-58-51(40-41)48-24-12-15-33-57(48)63-58/h1-40H. The highest BCUT2D eigenvalue weighted by Gasteiger charge is 2.41. The van der Waals surface area contributed by atoms with Gasteiger partial charge in [0.1, 0.15) is 0 Å². The first-order valence-corrected chi connectivity index (χ1v) is 24.8. The van der Waals surface area contributed by atoms with Gasteiger partial charge in [0, 0.05) is 47.4 Å². The molecule has 300 valence electrons. The van der Waals surface area contributed by atoms with E-state index in [-0.39, 0.29) is 0 Å². The molecule has 0 atom stereocenters. The van der Waals surface area contributed by atoms with Gasteiger partial charge in [-0.3, -0.25) is 0 Å². The summed E-state index contributed by atoms with van der Waals surface area (Å²) in [5.41, 5.74) is 9.58. The zero-order valence-electron chi connectivity index (χ0n) is 34.9. The molecule has 4 heteroatoms. The second kappa shape index (κ2) is 14.7. The molecule has 10 aromatic carbocycles. The Morgan fingerprint density at radius 3 is 1.45 bits per heavy atom. The zero-order chi connectivity index (χ0) is 42.2. The number of rotatable bonds is 7. The molecule has 0 amide bonds. The predicted molar refractivity (Wildman–Crippen MR) is 277 cm³/mol. The monoisotopic (exact) mass is 848 g/mol. The second-order valence-corrected chi connectivity index (χ2v) is 21.7. The Hall–Kier alpha value is -7.76. The summed E-state index contributed by atoms with van der Waals surface area (Å²) >= 11 is 1.87. The number of nitrogens with zero attached hydrogens (tertiary/aromatic N) is 2. The largest absolute Gasteiger partial charge is 0.309 e. The fraction of sp³-hybridized carbons (Fsp3) is 0. The highest BCUT2D eigenvalue weighted by atomic mass is 32.1. The number of para-hydroxylation sites is 2. The molecule has 0 spiro atoms. The van der Waals surface area contributed by atoms with Gasteiger partial charge in [0.15, 0.2) is 8.07 Å². The summed E-state index contributed by atoms with van der Waals surface area (Å²) in [7, 11) is -2.68. The lowest BCUT2D eigenvalue weighted by Gasteiger charge is -2.34. The summed E-state index contributed by atoms with van der Waals surface area (Å²) < 4.78 is 7.62. The molecule has 0 radical (unpaired) electrons. The van der Waals surface area contributed by atoms with Crippen LogP contribution in [0.4, 0.5) is 0 Å². The first kappa shape index (κ1) is 36.9. The van der Waals surface area contributed by atoms with E-state index >= 15 is 0 Å². The van der Waals surface area contributed by atoms with Crippen LogP contribution in [0.3, 0.4) is 0 Å². The Morgan fingerprint density at radius 1 is 0.312 bits per heavy atom. The van der Waals surface area contributed by atoms with E-state index < -0.39 is 8.07 Å². The zero-order valence-corrected chi connectivity index (χ0v) is 36.7. The summed E-state index contributed by atoms with van der Waals surface area (Å²) in [6, 6.07) is 90.4. The fourth-order valence-electron chi connectivity index (χ4n) is 10.8. The van der Waals surface area contributed by atoms with Crippen molar-refractivity contribution < 1.29 is 0 Å². The maximum Gasteiger partial charge on any atom is 0.179 e. The number of hydrogen-bond acceptors (Lipinski definition) is 1. The van der Waals surface area contributed by atoms with Gasteiger partial charge in [-0.15, -0.1) is 11.3 Å². The van der Waals surface area contributed by atoms with Gasteiger partial charge in [0.25, 0.3) is 0 Å². The molecule has 0 aliphatic carbocycles. The number of thiophene rings is 1. The van der Waals surface area contributed by atoms with Gasteiger partial charge in [-0.25, -0.2) is 0 Å². The molecule has 3 heterocycles. The molecule has 3 aromatic heterocycles. The summed E-state index contributed by atoms with van der Waals surface area (Å²) in [4.78, 5) is 0. The van der Waals surface area contributed by atoms with E-state index in [1.54, 1.807) is 0 Å². The quantitative estimate of drug-likeness (QED) is 0.112. The van der Waals surface area contributed by atoms with Gasteiger partial charge < -0.3 is 9.13 Å². The molecular weight excluding hydrogens is 809 g/mol. The van der Waals surface area contributed by atoms with Gasteiger partial charge in [0.2, 0.25) is 0 Å². The average Bonchev–Trinajstić information content (AvgIpc) is 4.03. The molecule has 0 N–H and O–H groups in total. The van der Waals surface area contributed by atoms with Crippen molar-refractivity contribution in [3.05, 3.63) is 243 Å². The average molecular weight is 849 g/mol. The lowest BCUT2D eigenvalue weighted by molar-refractivity contribution is 1.17. The van der Waals surface area contributed by atoms with E-state index in [0.29, 0.717) is 0 Å². The van der Waals surface area contributed by atoms with E-state index in [1.807, 2.05) is 11.3 Å². The third-order valence-corrected chi connectivity index (χ3v) is 19.4. The molecule has 0 saturated carbocycles. The first-order chi connectivity index (χ1) is 31.8. The van der Waals surface area contributed by atoms with E-state index in [1.165, 1.54) is 101 Å². The lowest BCUT2D eigenvalue weighted by atomic mass is 9.98. The maximum absolute atomic E-state index is 2.68. The first-order valence-electron chi connectivity index (χ1n) is 22.0. The molecule has 0 unspecified atom stereocenters. The predicted octanol–water partition coefficient (Wildman–Crippen LogP) is 13.3. The smallest absolute Gasteiger partial charge is 0.179 e. The fourth-order valence-corrected chi connectivity index (χ4v) is 16.6. The van der Waals surface area contributed by atoms with Crippen LogP contribution in [0.2, 0.25) is 0 Å². The van der Waals surface area contributed by atoms with Crippen LogP contribution in [0.1, 0.15) is 0 Å². The topological polar surface area (TPSA) is 9.86 Å². The normalized spacial score (nSPS) is 12.1. The van der Waals surface area contributed by atoms with Crippen molar-refractivity contribution in [3.8, 4) is 22.5 Å². The lowest BCUT2D eigenvalue weighted by Crippen LogP contribution is -2.74. The van der Waals surface area contributed by atoms with Gasteiger partial charge in [-0.2, -0.15) is 0 Å². The maximum atomic E-state index is 2.51. The van der Waals surface area contributed by atoms with E-state index in [9.17, 15) is 0 Å². The summed E-state index contributed by atoms with van der Waals surface area (Å²) in [5, 5.41) is 13.1. The van der Waals surface area contributed by atoms with Crippen molar-refractivity contribution in [3.63, 3.8) is 0 Å². The molecule has 64 heavy (non-hydrogen) atoms. The molecule has 0 aliphatic rings. The van der Waals surface area contributed by atoms with Crippen LogP contribution in [0.5, 0.6) is 0 Å². The van der Waals surface area contributed by atoms with Crippen LogP contribution >= 0.6 is 11.3 Å². The van der Waals surface area contributed by atoms with Crippen LogP contribution in [-0.2, 0) is 0 Å². The van der Waals surface area contributed by atoms with E-state index in [4.69, 9.17) is 0 Å². The van der Waals surface area contributed by atoms with Crippen LogP contribution in [-0.4, -0.2) is 17.2 Å². The molecule has 13 aromatic rings. The Morgan fingerprint density at radius 2 is 0.797 bits per heavy atom. The second-order valence-electron chi connectivity index (χ2n) is 16.8. The molecule has 0 aliphatic heterocycles. The van der Waals surface area contributed by atoms with Crippen molar-refractivity contribution in [2.45, 2.75) is 0 Å². The summed E-state index contributed by atoms with van der Waals surface area (Å²) in [6.07, 6.45) is 0. The molecule has 0 saturated heterocycles. The third kappa shape index (κ3) is 5.43. The highest BCUT2D eigenvalue weighted by molar-refractivity contribution is 7.25. The molecule has 2 nitrogen and oxygen atoms in total. The van der Waals surface area contributed by atoms with Crippen molar-refractivity contribution >= 4 is 104 Å². The van der Waals surface area contributed by atoms with Gasteiger partial charge in [-0.1, -0.05) is 182 Å². The molecule has 0 fully saturated rings. The number of benzene rings is 10. The van der Waals surface area contributed by atoms with E-state index in [2.05, 4.69) is 252 Å². The minimum Gasteiger partial charge on any atom is -0.309 e. The number of aromatic nitrogens is 2. The Kier molecular flexibility index (Phi) is 8.45. The highest BCUT2D eigenvalue weighted by Crippen LogP contribution is 2.44.